The summed E-state index contributed by atoms with van der Waals surface area (Å²) in [5.74, 6) is 1.06. The topological polar surface area (TPSA) is 63.8 Å². The van der Waals surface area contributed by atoms with Crippen LogP contribution in [0.5, 0.6) is 0 Å². The van der Waals surface area contributed by atoms with Crippen molar-refractivity contribution in [1.82, 2.24) is 20.5 Å². The number of nitrogens with one attached hydrogen (secondary N) is 1. The normalized spacial score (nSPS) is 12.7. The van der Waals surface area contributed by atoms with Crippen molar-refractivity contribution >= 4 is 10.8 Å². The van der Waals surface area contributed by atoms with Gasteiger partial charge in [-0.25, -0.2) is 0 Å². The van der Waals surface area contributed by atoms with Crippen LogP contribution in [0.1, 0.15) is 25.3 Å². The van der Waals surface area contributed by atoms with Gasteiger partial charge in [0.05, 0.1) is 6.04 Å². The van der Waals surface area contributed by atoms with E-state index in [-0.39, 0.29) is 6.04 Å². The van der Waals surface area contributed by atoms with Crippen LogP contribution in [0.3, 0.4) is 0 Å². The first-order chi connectivity index (χ1) is 9.83. The smallest absolute Gasteiger partial charge is 0.266 e. The maximum absolute atomic E-state index is 5.77. The molecule has 0 aliphatic heterocycles. The van der Waals surface area contributed by atoms with E-state index in [0.717, 1.165) is 22.9 Å². The molecule has 1 atom stereocenters. The van der Waals surface area contributed by atoms with E-state index >= 15 is 0 Å². The highest BCUT2D eigenvalue weighted by atomic mass is 16.4. The second-order valence-electron chi connectivity index (χ2n) is 4.58. The molecule has 2 aromatic heterocycles. The average Bonchev–Trinajstić information content (AvgIpc) is 2.97. The van der Waals surface area contributed by atoms with Crippen LogP contribution in [0, 0.1) is 0 Å². The fraction of sp³-hybridized carbons (Fsp3) is 0.267. The maximum Gasteiger partial charge on any atom is 0.266 e. The second kappa shape index (κ2) is 5.38. The predicted octanol–water partition coefficient (Wildman–Crippen LogP) is 2.96. The van der Waals surface area contributed by atoms with Gasteiger partial charge in [0.15, 0.2) is 0 Å². The second-order valence-corrected chi connectivity index (χ2v) is 4.58. The van der Waals surface area contributed by atoms with E-state index in [0.29, 0.717) is 11.8 Å². The molecule has 0 aliphatic carbocycles. The zero-order valence-corrected chi connectivity index (χ0v) is 11.5. The van der Waals surface area contributed by atoms with Crippen molar-refractivity contribution < 1.29 is 4.42 Å². The summed E-state index contributed by atoms with van der Waals surface area (Å²) in [6, 6.07) is 10.1. The zero-order valence-electron chi connectivity index (χ0n) is 11.5. The summed E-state index contributed by atoms with van der Waals surface area (Å²) in [7, 11) is 1.88. The molecule has 102 valence electrons. The summed E-state index contributed by atoms with van der Waals surface area (Å²) in [5, 5.41) is 13.5. The highest BCUT2D eigenvalue weighted by molar-refractivity contribution is 5.92. The quantitative estimate of drug-likeness (QED) is 0.788. The molecule has 0 bridgehead atoms. The molecule has 20 heavy (non-hydrogen) atoms. The number of nitrogens with zero attached hydrogens (tertiary/aromatic N) is 3. The molecule has 0 amide bonds. The summed E-state index contributed by atoms with van der Waals surface area (Å²) < 4.78 is 5.77. The first-order valence-corrected chi connectivity index (χ1v) is 6.68. The van der Waals surface area contributed by atoms with E-state index in [1.54, 1.807) is 6.20 Å². The van der Waals surface area contributed by atoms with Crippen molar-refractivity contribution in [3.63, 3.8) is 0 Å². The lowest BCUT2D eigenvalue weighted by Gasteiger charge is -2.07. The maximum atomic E-state index is 5.77. The lowest BCUT2D eigenvalue weighted by molar-refractivity contribution is 0.415. The van der Waals surface area contributed by atoms with E-state index < -0.39 is 0 Å². The van der Waals surface area contributed by atoms with Gasteiger partial charge < -0.3 is 9.73 Å². The van der Waals surface area contributed by atoms with Gasteiger partial charge >= 0.3 is 0 Å². The number of hydrogen-bond acceptors (Lipinski definition) is 5. The van der Waals surface area contributed by atoms with Crippen LogP contribution in [-0.4, -0.2) is 22.2 Å². The van der Waals surface area contributed by atoms with Crippen molar-refractivity contribution in [2.75, 3.05) is 7.05 Å². The number of fused-ring (bicyclic) bond motifs is 1. The van der Waals surface area contributed by atoms with Crippen molar-refractivity contribution in [1.29, 1.82) is 0 Å². The number of pyridine rings is 1. The number of benzene rings is 1. The monoisotopic (exact) mass is 268 g/mol. The number of hydrogen-bond donors (Lipinski definition) is 1. The van der Waals surface area contributed by atoms with Crippen molar-refractivity contribution in [2.45, 2.75) is 19.4 Å². The molecule has 1 aromatic carbocycles. The molecule has 5 heteroatoms. The van der Waals surface area contributed by atoms with E-state index in [1.807, 2.05) is 37.4 Å². The van der Waals surface area contributed by atoms with E-state index in [2.05, 4.69) is 27.4 Å². The zero-order chi connectivity index (χ0) is 13.9. The number of aromatic nitrogens is 3. The van der Waals surface area contributed by atoms with Gasteiger partial charge in [-0.05, 0) is 24.9 Å². The Morgan fingerprint density at radius 3 is 2.85 bits per heavy atom. The Bertz CT molecular complexity index is 713. The van der Waals surface area contributed by atoms with Gasteiger partial charge in [0.25, 0.3) is 5.89 Å². The van der Waals surface area contributed by atoms with E-state index in [1.165, 1.54) is 0 Å². The molecule has 0 radical (unpaired) electrons. The predicted molar refractivity (Wildman–Crippen MR) is 77.1 cm³/mol. The third-order valence-corrected chi connectivity index (χ3v) is 3.37. The molecule has 0 fully saturated rings. The first-order valence-electron chi connectivity index (χ1n) is 6.68. The van der Waals surface area contributed by atoms with Crippen molar-refractivity contribution in [3.05, 3.63) is 42.4 Å². The molecule has 5 nitrogen and oxygen atoms in total. The molecule has 0 aliphatic rings. The average molecular weight is 268 g/mol. The van der Waals surface area contributed by atoms with Crippen LogP contribution in [0.4, 0.5) is 0 Å². The van der Waals surface area contributed by atoms with Crippen LogP contribution in [-0.2, 0) is 0 Å². The third-order valence-electron chi connectivity index (χ3n) is 3.37. The van der Waals surface area contributed by atoms with Crippen molar-refractivity contribution in [3.8, 4) is 11.6 Å². The molecular weight excluding hydrogens is 252 g/mol. The van der Waals surface area contributed by atoms with Crippen LogP contribution < -0.4 is 5.32 Å². The fourth-order valence-electron chi connectivity index (χ4n) is 2.26. The largest absolute Gasteiger partial charge is 0.418 e. The summed E-state index contributed by atoms with van der Waals surface area (Å²) in [6.45, 7) is 2.07. The molecule has 1 unspecified atom stereocenters. The molecule has 0 spiro atoms. The summed E-state index contributed by atoms with van der Waals surface area (Å²) in [6.07, 6.45) is 2.65. The Balaban J connectivity index is 2.08. The van der Waals surface area contributed by atoms with Gasteiger partial charge in [-0.15, -0.1) is 10.2 Å². The Morgan fingerprint density at radius 2 is 2.05 bits per heavy atom. The minimum Gasteiger partial charge on any atom is -0.418 e. The Labute approximate surface area is 117 Å². The number of rotatable bonds is 4. The van der Waals surface area contributed by atoms with Gasteiger partial charge in [0, 0.05) is 11.6 Å². The molecule has 3 aromatic rings. The molecule has 0 saturated carbocycles. The van der Waals surface area contributed by atoms with Crippen LogP contribution >= 0.6 is 0 Å². The summed E-state index contributed by atoms with van der Waals surface area (Å²) >= 11 is 0. The van der Waals surface area contributed by atoms with E-state index in [4.69, 9.17) is 4.42 Å². The Morgan fingerprint density at radius 1 is 1.20 bits per heavy atom. The molecule has 1 N–H and O–H groups in total. The lowest BCUT2D eigenvalue weighted by atomic mass is 10.1. The van der Waals surface area contributed by atoms with Gasteiger partial charge in [0.2, 0.25) is 5.89 Å². The van der Waals surface area contributed by atoms with Gasteiger partial charge in [0.1, 0.15) is 5.69 Å². The highest BCUT2D eigenvalue weighted by Crippen LogP contribution is 2.26. The SMILES string of the molecule is CCC(NC)c1nnc(-c2nccc3ccccc23)o1. The minimum atomic E-state index is 0.0752. The Kier molecular flexibility index (Phi) is 3.43. The minimum absolute atomic E-state index is 0.0752. The van der Waals surface area contributed by atoms with Gasteiger partial charge in [-0.3, -0.25) is 4.98 Å². The summed E-state index contributed by atoms with van der Waals surface area (Å²) in [4.78, 5) is 4.38. The van der Waals surface area contributed by atoms with Crippen LogP contribution in [0.25, 0.3) is 22.4 Å². The lowest BCUT2D eigenvalue weighted by Crippen LogP contribution is -2.15. The Hall–Kier alpha value is -2.27. The molecule has 2 heterocycles. The van der Waals surface area contributed by atoms with E-state index in [9.17, 15) is 0 Å². The van der Waals surface area contributed by atoms with Crippen LogP contribution in [0.2, 0.25) is 0 Å². The van der Waals surface area contributed by atoms with Gasteiger partial charge in [-0.2, -0.15) is 0 Å². The molecule has 3 rings (SSSR count). The van der Waals surface area contributed by atoms with Gasteiger partial charge in [-0.1, -0.05) is 31.2 Å². The van der Waals surface area contributed by atoms with Crippen LogP contribution in [0.15, 0.2) is 40.9 Å². The fourth-order valence-corrected chi connectivity index (χ4v) is 2.26. The molecular formula is C15H16N4O. The summed E-state index contributed by atoms with van der Waals surface area (Å²) in [5.41, 5.74) is 0.729. The highest BCUT2D eigenvalue weighted by Gasteiger charge is 2.17. The first kappa shape index (κ1) is 12.7. The van der Waals surface area contributed by atoms with Crippen molar-refractivity contribution in [2.24, 2.45) is 0 Å². The third kappa shape index (κ3) is 2.16. The molecule has 0 saturated heterocycles. The standard InChI is InChI=1S/C15H16N4O/c1-3-12(16-2)14-18-19-15(20-14)13-11-7-5-4-6-10(11)8-9-17-13/h4-9,12,16H,3H2,1-2H3.